The summed E-state index contributed by atoms with van der Waals surface area (Å²) in [6, 6.07) is 5.79. The average Bonchev–Trinajstić information content (AvgIpc) is 3.03. The van der Waals surface area contributed by atoms with E-state index in [1.807, 2.05) is 25.1 Å². The van der Waals surface area contributed by atoms with Crippen LogP contribution < -0.4 is 5.32 Å². The Morgan fingerprint density at radius 3 is 2.89 bits per heavy atom. The van der Waals surface area contributed by atoms with E-state index in [1.165, 1.54) is 11.3 Å². The number of carbonyl (C=O) groups excluding carboxylic acids is 1. The fraction of sp³-hybridized carbons (Fsp3) is 0.357. The van der Waals surface area contributed by atoms with Crippen LogP contribution in [0, 0.1) is 18.8 Å². The molecule has 1 saturated carbocycles. The number of thiazole rings is 1. The molecule has 1 N–H and O–H groups in total. The van der Waals surface area contributed by atoms with Gasteiger partial charge in [0.05, 0.1) is 16.3 Å². The maximum atomic E-state index is 11.9. The largest absolute Gasteiger partial charge is 0.302 e. The summed E-state index contributed by atoms with van der Waals surface area (Å²) in [7, 11) is 0. The van der Waals surface area contributed by atoms with Gasteiger partial charge >= 0.3 is 0 Å². The van der Waals surface area contributed by atoms with Gasteiger partial charge < -0.3 is 5.32 Å². The molecule has 2 aromatic heterocycles. The minimum atomic E-state index is 0.0915. The van der Waals surface area contributed by atoms with Crippen LogP contribution >= 0.6 is 11.3 Å². The molecule has 19 heavy (non-hydrogen) atoms. The molecule has 1 fully saturated rings. The van der Waals surface area contributed by atoms with Crippen LogP contribution in [-0.4, -0.2) is 15.9 Å². The van der Waals surface area contributed by atoms with Gasteiger partial charge in [-0.15, -0.1) is 0 Å². The van der Waals surface area contributed by atoms with Crippen LogP contribution in [-0.2, 0) is 4.79 Å². The lowest BCUT2D eigenvalue weighted by molar-refractivity contribution is -0.117. The van der Waals surface area contributed by atoms with E-state index >= 15 is 0 Å². The summed E-state index contributed by atoms with van der Waals surface area (Å²) >= 11 is 1.48. The molecule has 1 aliphatic carbocycles. The Kier molecular flexibility index (Phi) is 3.06. The Bertz CT molecular complexity index is 608. The minimum absolute atomic E-state index is 0.0915. The first-order valence-corrected chi connectivity index (χ1v) is 7.16. The molecule has 0 radical (unpaired) electrons. The molecule has 5 heteroatoms. The molecule has 1 amide bonds. The fourth-order valence-corrected chi connectivity index (χ4v) is 3.02. The highest BCUT2D eigenvalue weighted by atomic mass is 32.1. The smallest absolute Gasteiger partial charge is 0.229 e. The van der Waals surface area contributed by atoms with Crippen molar-refractivity contribution < 1.29 is 4.79 Å². The molecule has 0 spiro atoms. The Labute approximate surface area is 115 Å². The van der Waals surface area contributed by atoms with Crippen molar-refractivity contribution in [1.29, 1.82) is 0 Å². The van der Waals surface area contributed by atoms with Crippen molar-refractivity contribution in [1.82, 2.24) is 9.97 Å². The summed E-state index contributed by atoms with van der Waals surface area (Å²) in [6.45, 7) is 4.03. The second-order valence-electron chi connectivity index (χ2n) is 4.96. The molecule has 98 valence electrons. The van der Waals surface area contributed by atoms with Gasteiger partial charge in [-0.1, -0.05) is 24.3 Å². The first kappa shape index (κ1) is 12.3. The average molecular weight is 273 g/mol. The van der Waals surface area contributed by atoms with E-state index < -0.39 is 0 Å². The van der Waals surface area contributed by atoms with Gasteiger partial charge in [0, 0.05) is 12.1 Å². The molecule has 1 aliphatic rings. The highest BCUT2D eigenvalue weighted by Crippen LogP contribution is 2.39. The fourth-order valence-electron chi connectivity index (χ4n) is 2.07. The van der Waals surface area contributed by atoms with Gasteiger partial charge in [-0.3, -0.25) is 9.78 Å². The van der Waals surface area contributed by atoms with Crippen LogP contribution in [0.15, 0.2) is 24.4 Å². The van der Waals surface area contributed by atoms with Crippen molar-refractivity contribution >= 4 is 22.4 Å². The molecule has 2 heterocycles. The quantitative estimate of drug-likeness (QED) is 0.934. The van der Waals surface area contributed by atoms with E-state index in [1.54, 1.807) is 6.20 Å². The number of aryl methyl sites for hydroxylation is 1. The van der Waals surface area contributed by atoms with Crippen molar-refractivity contribution in [3.05, 3.63) is 30.1 Å². The summed E-state index contributed by atoms with van der Waals surface area (Å²) in [5.74, 6) is 0.771. The maximum Gasteiger partial charge on any atom is 0.229 e. The molecule has 0 bridgehead atoms. The number of aromatic nitrogens is 2. The van der Waals surface area contributed by atoms with Crippen molar-refractivity contribution in [2.75, 3.05) is 5.32 Å². The Balaban J connectivity index is 1.80. The van der Waals surface area contributed by atoms with Gasteiger partial charge in [-0.2, -0.15) is 0 Å². The first-order valence-electron chi connectivity index (χ1n) is 6.35. The summed E-state index contributed by atoms with van der Waals surface area (Å²) in [5.41, 5.74) is 1.81. The number of amides is 1. The number of hydrogen-bond donors (Lipinski definition) is 1. The third-order valence-electron chi connectivity index (χ3n) is 3.37. The van der Waals surface area contributed by atoms with Crippen LogP contribution in [0.4, 0.5) is 5.13 Å². The van der Waals surface area contributed by atoms with Gasteiger partial charge in [-0.05, 0) is 31.4 Å². The molecule has 2 unspecified atom stereocenters. The van der Waals surface area contributed by atoms with Crippen molar-refractivity contribution in [2.24, 2.45) is 11.8 Å². The molecule has 2 aromatic rings. The van der Waals surface area contributed by atoms with E-state index in [-0.39, 0.29) is 11.8 Å². The lowest BCUT2D eigenvalue weighted by Gasteiger charge is -1.98. The van der Waals surface area contributed by atoms with Crippen molar-refractivity contribution in [3.63, 3.8) is 0 Å². The van der Waals surface area contributed by atoms with Crippen molar-refractivity contribution in [2.45, 2.75) is 20.3 Å². The van der Waals surface area contributed by atoms with Crippen LogP contribution in [0.5, 0.6) is 0 Å². The summed E-state index contributed by atoms with van der Waals surface area (Å²) in [5, 5.41) is 3.57. The SMILES string of the molecule is Cc1nc(NC(=O)C2CC2C)sc1-c1ccccn1. The molecule has 0 aliphatic heterocycles. The second-order valence-corrected chi connectivity index (χ2v) is 5.96. The Morgan fingerprint density at radius 1 is 1.47 bits per heavy atom. The highest BCUT2D eigenvalue weighted by molar-refractivity contribution is 7.19. The number of hydrogen-bond acceptors (Lipinski definition) is 4. The van der Waals surface area contributed by atoms with Gasteiger partial charge in [0.25, 0.3) is 0 Å². The van der Waals surface area contributed by atoms with Crippen molar-refractivity contribution in [3.8, 4) is 10.6 Å². The Hall–Kier alpha value is -1.75. The summed E-state index contributed by atoms with van der Waals surface area (Å²) in [6.07, 6.45) is 2.75. The van der Waals surface area contributed by atoms with E-state index in [4.69, 9.17) is 0 Å². The predicted molar refractivity (Wildman–Crippen MR) is 76.0 cm³/mol. The van der Waals surface area contributed by atoms with E-state index in [0.717, 1.165) is 22.7 Å². The zero-order chi connectivity index (χ0) is 13.4. The second kappa shape index (κ2) is 4.74. The summed E-state index contributed by atoms with van der Waals surface area (Å²) < 4.78 is 0. The highest BCUT2D eigenvalue weighted by Gasteiger charge is 2.39. The standard InChI is InChI=1S/C14H15N3OS/c1-8-7-10(8)13(18)17-14-16-9(2)12(19-14)11-5-3-4-6-15-11/h3-6,8,10H,7H2,1-2H3,(H,16,17,18). The van der Waals surface area contributed by atoms with Crippen LogP contribution in [0.2, 0.25) is 0 Å². The topological polar surface area (TPSA) is 54.9 Å². The van der Waals surface area contributed by atoms with Crippen LogP contribution in [0.1, 0.15) is 19.0 Å². The zero-order valence-electron chi connectivity index (χ0n) is 10.9. The Morgan fingerprint density at radius 2 is 2.26 bits per heavy atom. The third kappa shape index (κ3) is 2.51. The monoisotopic (exact) mass is 273 g/mol. The van der Waals surface area contributed by atoms with Gasteiger partial charge in [0.1, 0.15) is 0 Å². The lowest BCUT2D eigenvalue weighted by Crippen LogP contribution is -2.14. The van der Waals surface area contributed by atoms with E-state index in [0.29, 0.717) is 11.0 Å². The molecule has 4 nitrogen and oxygen atoms in total. The maximum absolute atomic E-state index is 11.9. The zero-order valence-corrected chi connectivity index (χ0v) is 11.7. The number of anilines is 1. The molecular weight excluding hydrogens is 258 g/mol. The van der Waals surface area contributed by atoms with Gasteiger partial charge in [-0.25, -0.2) is 4.98 Å². The molecular formula is C14H15N3OS. The predicted octanol–water partition coefficient (Wildman–Crippen LogP) is 3.11. The van der Waals surface area contributed by atoms with Gasteiger partial charge in [0.15, 0.2) is 5.13 Å². The number of pyridine rings is 1. The third-order valence-corrected chi connectivity index (χ3v) is 4.47. The summed E-state index contributed by atoms with van der Waals surface area (Å²) in [4.78, 5) is 21.6. The molecule has 2 atom stereocenters. The number of nitrogens with zero attached hydrogens (tertiary/aromatic N) is 2. The van der Waals surface area contributed by atoms with Crippen LogP contribution in [0.3, 0.4) is 0 Å². The van der Waals surface area contributed by atoms with Crippen LogP contribution in [0.25, 0.3) is 10.6 Å². The molecule has 3 rings (SSSR count). The number of rotatable bonds is 3. The normalized spacial score (nSPS) is 21.2. The number of nitrogens with one attached hydrogen (secondary N) is 1. The first-order chi connectivity index (χ1) is 9.15. The number of carbonyl (C=O) groups is 1. The van der Waals surface area contributed by atoms with E-state index in [2.05, 4.69) is 22.2 Å². The van der Waals surface area contributed by atoms with E-state index in [9.17, 15) is 4.79 Å². The van der Waals surface area contributed by atoms with Gasteiger partial charge in [0.2, 0.25) is 5.91 Å². The molecule has 0 saturated heterocycles. The minimum Gasteiger partial charge on any atom is -0.302 e. The lowest BCUT2D eigenvalue weighted by atomic mass is 10.3. The molecule has 0 aromatic carbocycles.